The zero-order chi connectivity index (χ0) is 26.7. The summed E-state index contributed by atoms with van der Waals surface area (Å²) in [5.41, 5.74) is 0.0629. The largest absolute Gasteiger partial charge is 0.469 e. The van der Waals surface area contributed by atoms with E-state index in [1.807, 2.05) is 0 Å². The van der Waals surface area contributed by atoms with Crippen molar-refractivity contribution in [3.05, 3.63) is 80.7 Å². The third-order valence-corrected chi connectivity index (χ3v) is 5.84. The van der Waals surface area contributed by atoms with E-state index in [0.717, 1.165) is 9.25 Å². The first kappa shape index (κ1) is 26.4. The Labute approximate surface area is 218 Å². The second kappa shape index (κ2) is 10.8. The summed E-state index contributed by atoms with van der Waals surface area (Å²) in [4.78, 5) is 29.4. The molecule has 2 aromatic heterocycles. The van der Waals surface area contributed by atoms with Crippen molar-refractivity contribution < 1.29 is 22.7 Å². The number of carbonyl (C=O) groups is 1. The smallest absolute Gasteiger partial charge is 0.390 e. The van der Waals surface area contributed by atoms with Gasteiger partial charge in [-0.05, 0) is 36.4 Å². The van der Waals surface area contributed by atoms with E-state index < -0.39 is 30.8 Å². The number of alkyl halides is 3. The molecule has 37 heavy (non-hydrogen) atoms. The number of para-hydroxylation sites is 1. The van der Waals surface area contributed by atoms with Crippen LogP contribution in [0.15, 0.2) is 53.3 Å². The minimum absolute atomic E-state index is 0.0336. The van der Waals surface area contributed by atoms with E-state index in [4.69, 9.17) is 27.9 Å². The zero-order valence-corrected chi connectivity index (χ0v) is 20.8. The molecule has 0 N–H and O–H groups in total. The summed E-state index contributed by atoms with van der Waals surface area (Å²) in [5, 5.41) is 9.40. The lowest BCUT2D eigenvalue weighted by Crippen LogP contribution is -2.27. The highest BCUT2D eigenvalue weighted by Gasteiger charge is 2.29. The number of ether oxygens (including phenoxy) is 1. The summed E-state index contributed by atoms with van der Waals surface area (Å²) in [6, 6.07) is 12.9. The molecule has 0 aliphatic heterocycles. The summed E-state index contributed by atoms with van der Waals surface area (Å²) >= 11 is 12.2. The fourth-order valence-electron chi connectivity index (χ4n) is 3.52. The molecule has 0 aliphatic carbocycles. The number of hydrogen-bond donors (Lipinski definition) is 0. The molecular formula is C23H19Cl2F3N6O3. The normalized spacial score (nSPS) is 11.6. The first-order chi connectivity index (χ1) is 17.6. The van der Waals surface area contributed by atoms with Crippen LogP contribution in [-0.2, 0) is 29.0 Å². The number of nitrogens with zero attached hydrogens (tertiary/aromatic N) is 6. The van der Waals surface area contributed by atoms with E-state index in [1.54, 1.807) is 48.5 Å². The SMILES string of the molecule is COC(=O)Cc1nc(Cn2nc(-c3ccc(Cl)cc3)n(CCC(F)(F)F)c2=O)nn1-c1ccccc1Cl. The molecule has 0 unspecified atom stereocenters. The highest BCUT2D eigenvalue weighted by Crippen LogP contribution is 2.24. The second-order valence-corrected chi connectivity index (χ2v) is 8.69. The minimum atomic E-state index is -4.48. The Morgan fingerprint density at radius 2 is 1.76 bits per heavy atom. The quantitative estimate of drug-likeness (QED) is 0.301. The molecule has 4 aromatic rings. The average Bonchev–Trinajstić information content (AvgIpc) is 3.38. The van der Waals surface area contributed by atoms with Crippen molar-refractivity contribution in [2.45, 2.75) is 32.1 Å². The number of carbonyl (C=O) groups excluding carboxylic acids is 1. The maximum absolute atomic E-state index is 13.1. The minimum Gasteiger partial charge on any atom is -0.469 e. The number of rotatable bonds is 8. The fourth-order valence-corrected chi connectivity index (χ4v) is 3.86. The highest BCUT2D eigenvalue weighted by molar-refractivity contribution is 6.32. The second-order valence-electron chi connectivity index (χ2n) is 7.85. The summed E-state index contributed by atoms with van der Waals surface area (Å²) in [6.07, 6.45) is -5.93. The van der Waals surface area contributed by atoms with Crippen molar-refractivity contribution in [3.8, 4) is 17.1 Å². The molecule has 0 radical (unpaired) electrons. The third kappa shape index (κ3) is 6.20. The van der Waals surface area contributed by atoms with Gasteiger partial charge in [-0.3, -0.25) is 9.36 Å². The van der Waals surface area contributed by atoms with Gasteiger partial charge in [0.1, 0.15) is 18.8 Å². The monoisotopic (exact) mass is 554 g/mol. The van der Waals surface area contributed by atoms with Gasteiger partial charge in [-0.15, -0.1) is 10.2 Å². The predicted molar refractivity (Wildman–Crippen MR) is 129 cm³/mol. The lowest BCUT2D eigenvalue weighted by atomic mass is 10.2. The Kier molecular flexibility index (Phi) is 7.69. The molecule has 0 spiro atoms. The molecule has 0 bridgehead atoms. The highest BCUT2D eigenvalue weighted by atomic mass is 35.5. The van der Waals surface area contributed by atoms with Crippen LogP contribution in [0, 0.1) is 0 Å². The van der Waals surface area contributed by atoms with E-state index in [9.17, 15) is 22.8 Å². The van der Waals surface area contributed by atoms with E-state index in [-0.39, 0.29) is 30.4 Å². The van der Waals surface area contributed by atoms with E-state index in [0.29, 0.717) is 21.3 Å². The van der Waals surface area contributed by atoms with Gasteiger partial charge in [-0.25, -0.2) is 19.1 Å². The molecule has 14 heteroatoms. The molecular weight excluding hydrogens is 536 g/mol. The molecule has 194 valence electrons. The maximum atomic E-state index is 13.1. The number of hydrogen-bond acceptors (Lipinski definition) is 6. The Balaban J connectivity index is 1.75. The van der Waals surface area contributed by atoms with Crippen LogP contribution >= 0.6 is 23.2 Å². The number of aromatic nitrogens is 6. The lowest BCUT2D eigenvalue weighted by Gasteiger charge is -2.08. The molecule has 0 fully saturated rings. The molecule has 0 saturated heterocycles. The third-order valence-electron chi connectivity index (χ3n) is 5.26. The summed E-state index contributed by atoms with van der Waals surface area (Å²) < 4.78 is 46.9. The standard InChI is InChI=1S/C23H19Cl2F3N6O3/c1-37-20(35)12-19-29-18(30-34(19)17-5-3-2-4-16(17)25)13-33-22(36)32(11-10-23(26,27)28)21(31-33)14-6-8-15(24)9-7-14/h2-9H,10-13H2,1H3. The van der Waals surface area contributed by atoms with Gasteiger partial charge in [0.15, 0.2) is 11.6 Å². The lowest BCUT2D eigenvalue weighted by molar-refractivity contribution is -0.140. The van der Waals surface area contributed by atoms with Crippen LogP contribution in [0.2, 0.25) is 10.0 Å². The van der Waals surface area contributed by atoms with Crippen molar-refractivity contribution in [2.75, 3.05) is 7.11 Å². The molecule has 4 rings (SSSR count). The fraction of sp³-hybridized carbons (Fsp3) is 0.261. The zero-order valence-electron chi connectivity index (χ0n) is 19.2. The Morgan fingerprint density at radius 3 is 2.41 bits per heavy atom. The predicted octanol–water partition coefficient (Wildman–Crippen LogP) is 4.32. The van der Waals surface area contributed by atoms with Crippen LogP contribution in [0.5, 0.6) is 0 Å². The number of benzene rings is 2. The topological polar surface area (TPSA) is 96.8 Å². The van der Waals surface area contributed by atoms with E-state index in [1.165, 1.54) is 11.8 Å². The van der Waals surface area contributed by atoms with Crippen molar-refractivity contribution in [3.63, 3.8) is 0 Å². The Morgan fingerprint density at radius 1 is 1.05 bits per heavy atom. The molecule has 9 nitrogen and oxygen atoms in total. The van der Waals surface area contributed by atoms with Crippen LogP contribution in [0.25, 0.3) is 17.1 Å². The summed E-state index contributed by atoms with van der Waals surface area (Å²) in [7, 11) is 1.23. The van der Waals surface area contributed by atoms with Crippen LogP contribution < -0.4 is 5.69 Å². The Bertz CT molecular complexity index is 1480. The molecule has 2 heterocycles. The first-order valence-corrected chi connectivity index (χ1v) is 11.6. The van der Waals surface area contributed by atoms with E-state index >= 15 is 0 Å². The van der Waals surface area contributed by atoms with Crippen molar-refractivity contribution in [1.82, 2.24) is 29.1 Å². The van der Waals surface area contributed by atoms with Crippen LogP contribution in [0.4, 0.5) is 13.2 Å². The average molecular weight is 555 g/mol. The van der Waals surface area contributed by atoms with Gasteiger partial charge < -0.3 is 4.74 Å². The number of methoxy groups -OCH3 is 1. The van der Waals surface area contributed by atoms with Gasteiger partial charge in [-0.2, -0.15) is 13.2 Å². The van der Waals surface area contributed by atoms with E-state index in [2.05, 4.69) is 15.2 Å². The van der Waals surface area contributed by atoms with Crippen molar-refractivity contribution >= 4 is 29.2 Å². The molecule has 0 atom stereocenters. The van der Waals surface area contributed by atoms with Crippen LogP contribution in [0.1, 0.15) is 18.1 Å². The first-order valence-electron chi connectivity index (χ1n) is 10.8. The van der Waals surface area contributed by atoms with Gasteiger partial charge in [0.05, 0.1) is 24.2 Å². The van der Waals surface area contributed by atoms with Gasteiger partial charge in [0, 0.05) is 17.1 Å². The van der Waals surface area contributed by atoms with Crippen molar-refractivity contribution in [1.29, 1.82) is 0 Å². The van der Waals surface area contributed by atoms with Crippen LogP contribution in [-0.4, -0.2) is 48.4 Å². The van der Waals surface area contributed by atoms with Gasteiger partial charge in [-0.1, -0.05) is 35.3 Å². The van der Waals surface area contributed by atoms with Crippen molar-refractivity contribution in [2.24, 2.45) is 0 Å². The molecule has 0 aliphatic rings. The number of esters is 1. The summed E-state index contributed by atoms with van der Waals surface area (Å²) in [5.74, 6) is -0.265. The molecule has 0 saturated carbocycles. The van der Waals surface area contributed by atoms with Gasteiger partial charge in [0.2, 0.25) is 0 Å². The molecule has 0 amide bonds. The van der Waals surface area contributed by atoms with Gasteiger partial charge in [0.25, 0.3) is 0 Å². The Hall–Kier alpha value is -3.64. The number of halogens is 5. The van der Waals surface area contributed by atoms with Crippen LogP contribution in [0.3, 0.4) is 0 Å². The summed E-state index contributed by atoms with van der Waals surface area (Å²) in [6.45, 7) is -0.903. The molecule has 2 aromatic carbocycles. The van der Waals surface area contributed by atoms with Gasteiger partial charge >= 0.3 is 17.8 Å². The maximum Gasteiger partial charge on any atom is 0.390 e.